The van der Waals surface area contributed by atoms with Gasteiger partial charge in [0.25, 0.3) is 0 Å². The molecule has 32 heavy (non-hydrogen) atoms. The molecule has 0 atom stereocenters. The van der Waals surface area contributed by atoms with E-state index in [9.17, 15) is 0 Å². The van der Waals surface area contributed by atoms with Crippen LogP contribution in [-0.2, 0) is 10.8 Å². The molecule has 0 fully saturated rings. The minimum atomic E-state index is -0.0537. The lowest BCUT2D eigenvalue weighted by molar-refractivity contribution is -0.452. The van der Waals surface area contributed by atoms with Crippen LogP contribution in [0.25, 0.3) is 0 Å². The van der Waals surface area contributed by atoms with Crippen molar-refractivity contribution in [1.82, 2.24) is 0 Å². The summed E-state index contributed by atoms with van der Waals surface area (Å²) in [6.07, 6.45) is 2.13. The molecule has 0 aromatic heterocycles. The molecule has 2 aromatic rings. The molecule has 0 amide bonds. The lowest BCUT2D eigenvalue weighted by atomic mass is 9.82. The smallest absolute Gasteiger partial charge is 0.199 e. The van der Waals surface area contributed by atoms with E-state index in [1.807, 2.05) is 24.3 Å². The van der Waals surface area contributed by atoms with E-state index >= 15 is 0 Å². The molecule has 0 bridgehead atoms. The summed E-state index contributed by atoms with van der Waals surface area (Å²) in [6, 6.07) is 8.08. The van der Waals surface area contributed by atoms with Crippen LogP contribution in [0.1, 0.15) is 65.5 Å². The van der Waals surface area contributed by atoms with Crippen molar-refractivity contribution in [3.8, 4) is 0 Å². The van der Waals surface area contributed by atoms with E-state index in [-0.39, 0.29) is 10.8 Å². The van der Waals surface area contributed by atoms with E-state index in [1.54, 1.807) is 0 Å². The molecule has 2 nitrogen and oxygen atoms in total. The highest BCUT2D eigenvalue weighted by Gasteiger charge is 2.45. The highest BCUT2D eigenvalue weighted by molar-refractivity contribution is 6.42. The van der Waals surface area contributed by atoms with Crippen molar-refractivity contribution < 1.29 is 9.15 Å². The fourth-order valence-electron chi connectivity index (χ4n) is 5.06. The molecule has 2 aliphatic heterocycles. The Labute approximate surface area is 211 Å². The van der Waals surface area contributed by atoms with Gasteiger partial charge in [-0.2, -0.15) is 9.15 Å². The Morgan fingerprint density at radius 1 is 0.594 bits per heavy atom. The Kier molecular flexibility index (Phi) is 6.25. The molecule has 0 N–H and O–H groups in total. The second kappa shape index (κ2) is 8.31. The van der Waals surface area contributed by atoms with Crippen molar-refractivity contribution >= 4 is 69.2 Å². The van der Waals surface area contributed by atoms with Gasteiger partial charge >= 0.3 is 0 Å². The second-order valence-electron chi connectivity index (χ2n) is 10.00. The molecule has 2 heterocycles. The summed E-state index contributed by atoms with van der Waals surface area (Å²) >= 11 is 25.4. The molecule has 0 saturated heterocycles. The molecule has 2 aromatic carbocycles. The van der Waals surface area contributed by atoms with E-state index in [0.717, 1.165) is 25.9 Å². The molecule has 2 aliphatic rings. The van der Waals surface area contributed by atoms with Gasteiger partial charge in [-0.3, -0.25) is 0 Å². The van der Waals surface area contributed by atoms with E-state index in [2.05, 4.69) is 50.7 Å². The molecule has 0 unspecified atom stereocenters. The molecular formula is C26H30Cl4N2+2. The summed E-state index contributed by atoms with van der Waals surface area (Å²) in [4.78, 5) is 0. The Balaban J connectivity index is 1.53. The second-order valence-corrected chi connectivity index (χ2v) is 11.6. The van der Waals surface area contributed by atoms with Gasteiger partial charge in [0.05, 0.1) is 30.9 Å². The minimum Gasteiger partial charge on any atom is -0.199 e. The first-order valence-corrected chi connectivity index (χ1v) is 12.6. The summed E-state index contributed by atoms with van der Waals surface area (Å²) in [5, 5.41) is 2.46. The standard InChI is InChI=1S/C26H30Cl4N2/c1-15-25(3,4)17-11-19(27)21(29)13-23(17)31(15)9-7-8-10-32-16(2)26(5,6)18-12-20(28)22(30)14-24(18)32/h11-14H,7-10H2,1-6H3/q+2. The molecule has 6 heteroatoms. The van der Waals surface area contributed by atoms with Gasteiger partial charge < -0.3 is 0 Å². The van der Waals surface area contributed by atoms with Gasteiger partial charge in [0.1, 0.15) is 13.1 Å². The summed E-state index contributed by atoms with van der Waals surface area (Å²) in [6.45, 7) is 15.3. The number of hydrogen-bond acceptors (Lipinski definition) is 0. The van der Waals surface area contributed by atoms with Gasteiger partial charge in [-0.25, -0.2) is 0 Å². The first-order valence-electron chi connectivity index (χ1n) is 11.1. The van der Waals surface area contributed by atoms with E-state index in [0.29, 0.717) is 20.1 Å². The first kappa shape index (κ1) is 24.1. The minimum absolute atomic E-state index is 0.0537. The maximum atomic E-state index is 6.36. The third kappa shape index (κ3) is 3.72. The fraction of sp³-hybridized carbons (Fsp3) is 0.462. The number of rotatable bonds is 5. The monoisotopic (exact) mass is 510 g/mol. The van der Waals surface area contributed by atoms with E-state index < -0.39 is 0 Å². The van der Waals surface area contributed by atoms with Gasteiger partial charge in [0.15, 0.2) is 11.4 Å². The quantitative estimate of drug-likeness (QED) is 0.280. The SMILES string of the molecule is CC1=[N+](CCCC[N+]2=C(C)C(C)(C)c3cc(Cl)c(Cl)cc32)c2cc(Cl)c(Cl)cc2C1(C)C. The number of benzene rings is 2. The van der Waals surface area contributed by atoms with Crippen molar-refractivity contribution in [3.63, 3.8) is 0 Å². The largest absolute Gasteiger partial charge is 0.211 e. The molecule has 170 valence electrons. The summed E-state index contributed by atoms with van der Waals surface area (Å²) in [7, 11) is 0. The van der Waals surface area contributed by atoms with Gasteiger partial charge in [0, 0.05) is 49.9 Å². The van der Waals surface area contributed by atoms with Crippen LogP contribution in [-0.4, -0.2) is 33.7 Å². The Bertz CT molecular complexity index is 1100. The van der Waals surface area contributed by atoms with Gasteiger partial charge in [-0.05, 0) is 39.8 Å². The maximum absolute atomic E-state index is 6.36. The van der Waals surface area contributed by atoms with Crippen LogP contribution in [0.4, 0.5) is 11.4 Å². The van der Waals surface area contributed by atoms with Crippen molar-refractivity contribution in [2.24, 2.45) is 0 Å². The van der Waals surface area contributed by atoms with Gasteiger partial charge in [-0.15, -0.1) is 0 Å². The molecule has 0 radical (unpaired) electrons. The first-order chi connectivity index (χ1) is 14.9. The molecule has 4 rings (SSSR count). The van der Waals surface area contributed by atoms with E-state index in [4.69, 9.17) is 46.4 Å². The van der Waals surface area contributed by atoms with Crippen LogP contribution in [0.5, 0.6) is 0 Å². The van der Waals surface area contributed by atoms with Crippen LogP contribution < -0.4 is 0 Å². The van der Waals surface area contributed by atoms with Crippen LogP contribution in [0.15, 0.2) is 24.3 Å². The molecular weight excluding hydrogens is 482 g/mol. The Hall–Kier alpha value is -1.06. The van der Waals surface area contributed by atoms with Crippen molar-refractivity contribution in [3.05, 3.63) is 55.5 Å². The number of halogens is 4. The number of fused-ring (bicyclic) bond motifs is 2. The number of nitrogens with zero attached hydrogens (tertiary/aromatic N) is 2. The average molecular weight is 512 g/mol. The maximum Gasteiger partial charge on any atom is 0.211 e. The number of hydrogen-bond donors (Lipinski definition) is 0. The summed E-state index contributed by atoms with van der Waals surface area (Å²) in [5.74, 6) is 0. The van der Waals surface area contributed by atoms with Crippen molar-refractivity contribution in [2.75, 3.05) is 13.1 Å². The van der Waals surface area contributed by atoms with Crippen LogP contribution >= 0.6 is 46.4 Å². The lowest BCUT2D eigenvalue weighted by Gasteiger charge is -2.15. The van der Waals surface area contributed by atoms with Crippen LogP contribution in [0.2, 0.25) is 20.1 Å². The van der Waals surface area contributed by atoms with Crippen molar-refractivity contribution in [2.45, 2.75) is 65.2 Å². The molecule has 0 aliphatic carbocycles. The summed E-state index contributed by atoms with van der Waals surface area (Å²) < 4.78 is 4.82. The Morgan fingerprint density at radius 3 is 1.25 bits per heavy atom. The van der Waals surface area contributed by atoms with Gasteiger partial charge in [0.2, 0.25) is 11.4 Å². The zero-order valence-electron chi connectivity index (χ0n) is 19.5. The van der Waals surface area contributed by atoms with Crippen LogP contribution in [0, 0.1) is 0 Å². The molecule has 0 spiro atoms. The topological polar surface area (TPSA) is 6.02 Å². The van der Waals surface area contributed by atoms with E-state index in [1.165, 1.54) is 33.9 Å². The van der Waals surface area contributed by atoms with Gasteiger partial charge in [-0.1, -0.05) is 46.4 Å². The number of unbranched alkanes of at least 4 members (excludes halogenated alkanes) is 1. The zero-order valence-corrected chi connectivity index (χ0v) is 22.6. The highest BCUT2D eigenvalue weighted by atomic mass is 35.5. The van der Waals surface area contributed by atoms with Crippen LogP contribution in [0.3, 0.4) is 0 Å². The third-order valence-corrected chi connectivity index (χ3v) is 9.08. The molecule has 0 saturated carbocycles. The fourth-order valence-corrected chi connectivity index (χ4v) is 5.71. The zero-order chi connectivity index (χ0) is 23.6. The average Bonchev–Trinajstić information content (AvgIpc) is 3.00. The normalized spacial score (nSPS) is 18.4. The highest BCUT2D eigenvalue weighted by Crippen LogP contribution is 2.45. The predicted octanol–water partition coefficient (Wildman–Crippen LogP) is 8.57. The lowest BCUT2D eigenvalue weighted by Crippen LogP contribution is -2.27. The predicted molar refractivity (Wildman–Crippen MR) is 139 cm³/mol. The van der Waals surface area contributed by atoms with Crippen molar-refractivity contribution in [1.29, 1.82) is 0 Å². The Morgan fingerprint density at radius 2 is 0.906 bits per heavy atom. The third-order valence-electron chi connectivity index (χ3n) is 7.64. The summed E-state index contributed by atoms with van der Waals surface area (Å²) in [5.41, 5.74) is 7.41.